The van der Waals surface area contributed by atoms with Crippen LogP contribution in [0.1, 0.15) is 0 Å². The molecular formula is C13H9BrN2O. The Hall–Kier alpha value is -1.81. The summed E-state index contributed by atoms with van der Waals surface area (Å²) in [6, 6.07) is 13.0. The van der Waals surface area contributed by atoms with Crippen LogP contribution in [-0.4, -0.2) is 14.7 Å². The number of aromatic nitrogens is 2. The highest BCUT2D eigenvalue weighted by atomic mass is 79.9. The number of hydrogen-bond acceptors (Lipinski definition) is 2. The standard InChI is InChI=1S/C13H9BrN2O/c14-11-5-2-6-12-13(11)15-8-16(12)9-3-1-4-10(17)7-9/h1-8,17H. The van der Waals surface area contributed by atoms with E-state index in [1.165, 1.54) is 0 Å². The fourth-order valence-electron chi connectivity index (χ4n) is 1.85. The summed E-state index contributed by atoms with van der Waals surface area (Å²) in [6.45, 7) is 0. The molecule has 84 valence electrons. The predicted octanol–water partition coefficient (Wildman–Crippen LogP) is 3.49. The molecule has 0 spiro atoms. The van der Waals surface area contributed by atoms with Gasteiger partial charge < -0.3 is 5.11 Å². The van der Waals surface area contributed by atoms with Crippen LogP contribution in [0.5, 0.6) is 5.75 Å². The number of para-hydroxylation sites is 1. The van der Waals surface area contributed by atoms with Crippen LogP contribution < -0.4 is 0 Å². The lowest BCUT2D eigenvalue weighted by molar-refractivity contribution is 0.475. The highest BCUT2D eigenvalue weighted by Gasteiger charge is 2.06. The maximum atomic E-state index is 9.50. The van der Waals surface area contributed by atoms with Crippen molar-refractivity contribution in [3.05, 3.63) is 53.3 Å². The molecule has 1 heterocycles. The number of fused-ring (bicyclic) bond motifs is 1. The average Bonchev–Trinajstić information content (AvgIpc) is 2.74. The number of phenols is 1. The van der Waals surface area contributed by atoms with E-state index in [1.807, 2.05) is 34.9 Å². The zero-order valence-electron chi connectivity index (χ0n) is 8.84. The lowest BCUT2D eigenvalue weighted by atomic mass is 10.2. The van der Waals surface area contributed by atoms with Gasteiger partial charge in [-0.05, 0) is 40.2 Å². The summed E-state index contributed by atoms with van der Waals surface area (Å²) in [5.41, 5.74) is 2.81. The summed E-state index contributed by atoms with van der Waals surface area (Å²) in [6.07, 6.45) is 1.75. The topological polar surface area (TPSA) is 38.0 Å². The summed E-state index contributed by atoms with van der Waals surface area (Å²) in [5, 5.41) is 9.50. The van der Waals surface area contributed by atoms with Crippen LogP contribution in [0.3, 0.4) is 0 Å². The van der Waals surface area contributed by atoms with Crippen LogP contribution >= 0.6 is 15.9 Å². The lowest BCUT2D eigenvalue weighted by Crippen LogP contribution is -1.90. The molecular weight excluding hydrogens is 280 g/mol. The third-order valence-corrected chi connectivity index (χ3v) is 3.28. The van der Waals surface area contributed by atoms with E-state index in [1.54, 1.807) is 18.5 Å². The van der Waals surface area contributed by atoms with Crippen molar-refractivity contribution < 1.29 is 5.11 Å². The number of rotatable bonds is 1. The van der Waals surface area contributed by atoms with Crippen molar-refractivity contribution >= 4 is 27.0 Å². The van der Waals surface area contributed by atoms with Gasteiger partial charge in [0.2, 0.25) is 0 Å². The Kier molecular flexibility index (Phi) is 2.37. The van der Waals surface area contributed by atoms with Gasteiger partial charge in [-0.25, -0.2) is 4.98 Å². The molecule has 4 heteroatoms. The third kappa shape index (κ3) is 1.70. The monoisotopic (exact) mass is 288 g/mol. The Labute approximate surface area is 106 Å². The molecule has 17 heavy (non-hydrogen) atoms. The molecule has 0 fully saturated rings. The second-order valence-electron chi connectivity index (χ2n) is 3.74. The van der Waals surface area contributed by atoms with E-state index >= 15 is 0 Å². The molecule has 0 saturated carbocycles. The van der Waals surface area contributed by atoms with Gasteiger partial charge in [0.15, 0.2) is 0 Å². The van der Waals surface area contributed by atoms with Gasteiger partial charge in [0.25, 0.3) is 0 Å². The number of nitrogens with zero attached hydrogens (tertiary/aromatic N) is 2. The molecule has 0 bridgehead atoms. The summed E-state index contributed by atoms with van der Waals surface area (Å²) in [5.74, 6) is 0.249. The van der Waals surface area contributed by atoms with Crippen LogP contribution in [0.15, 0.2) is 53.3 Å². The Balaban J connectivity index is 2.28. The molecule has 0 radical (unpaired) electrons. The van der Waals surface area contributed by atoms with Crippen LogP contribution in [0.4, 0.5) is 0 Å². The molecule has 3 aromatic rings. The Morgan fingerprint density at radius 1 is 1.12 bits per heavy atom. The minimum atomic E-state index is 0.249. The SMILES string of the molecule is Oc1cccc(-n2cnc3c(Br)cccc32)c1. The molecule has 0 unspecified atom stereocenters. The van der Waals surface area contributed by atoms with Crippen LogP contribution in [0.2, 0.25) is 0 Å². The number of phenolic OH excluding ortho intramolecular Hbond substituents is 1. The van der Waals surface area contributed by atoms with Gasteiger partial charge in [0, 0.05) is 10.5 Å². The number of aromatic hydroxyl groups is 1. The third-order valence-electron chi connectivity index (χ3n) is 2.64. The highest BCUT2D eigenvalue weighted by molar-refractivity contribution is 9.10. The summed E-state index contributed by atoms with van der Waals surface area (Å²) >= 11 is 3.47. The zero-order valence-corrected chi connectivity index (χ0v) is 10.4. The van der Waals surface area contributed by atoms with E-state index in [-0.39, 0.29) is 5.75 Å². The van der Waals surface area contributed by atoms with E-state index in [4.69, 9.17) is 0 Å². The van der Waals surface area contributed by atoms with Crippen molar-refractivity contribution in [3.8, 4) is 11.4 Å². The molecule has 3 rings (SSSR count). The molecule has 1 N–H and O–H groups in total. The molecule has 2 aromatic carbocycles. The zero-order chi connectivity index (χ0) is 11.8. The van der Waals surface area contributed by atoms with Crippen molar-refractivity contribution in [2.75, 3.05) is 0 Å². The maximum Gasteiger partial charge on any atom is 0.117 e. The largest absolute Gasteiger partial charge is 0.508 e. The minimum Gasteiger partial charge on any atom is -0.508 e. The average molecular weight is 289 g/mol. The fraction of sp³-hybridized carbons (Fsp3) is 0. The van der Waals surface area contributed by atoms with Gasteiger partial charge in [0.05, 0.1) is 11.2 Å². The van der Waals surface area contributed by atoms with Crippen molar-refractivity contribution in [2.45, 2.75) is 0 Å². The number of benzene rings is 2. The Bertz CT molecular complexity index is 691. The molecule has 0 aliphatic heterocycles. The van der Waals surface area contributed by atoms with Gasteiger partial charge >= 0.3 is 0 Å². The first kappa shape index (κ1) is 10.4. The number of halogens is 1. The van der Waals surface area contributed by atoms with Gasteiger partial charge in [-0.3, -0.25) is 4.57 Å². The van der Waals surface area contributed by atoms with Gasteiger partial charge in [-0.15, -0.1) is 0 Å². The first-order valence-corrected chi connectivity index (χ1v) is 5.96. The maximum absolute atomic E-state index is 9.50. The molecule has 0 saturated heterocycles. The first-order chi connectivity index (χ1) is 8.25. The Morgan fingerprint density at radius 2 is 1.94 bits per heavy atom. The molecule has 3 nitrogen and oxygen atoms in total. The highest BCUT2D eigenvalue weighted by Crippen LogP contribution is 2.25. The number of imidazole rings is 1. The van der Waals surface area contributed by atoms with Gasteiger partial charge in [-0.1, -0.05) is 12.1 Å². The molecule has 0 amide bonds. The van der Waals surface area contributed by atoms with Crippen molar-refractivity contribution in [2.24, 2.45) is 0 Å². The second-order valence-corrected chi connectivity index (χ2v) is 4.60. The molecule has 0 aliphatic carbocycles. The van der Waals surface area contributed by atoms with Gasteiger partial charge in [-0.2, -0.15) is 0 Å². The summed E-state index contributed by atoms with van der Waals surface area (Å²) in [4.78, 5) is 4.36. The quantitative estimate of drug-likeness (QED) is 0.744. The molecule has 1 aromatic heterocycles. The minimum absolute atomic E-state index is 0.249. The smallest absolute Gasteiger partial charge is 0.117 e. The van der Waals surface area contributed by atoms with E-state index < -0.39 is 0 Å². The Morgan fingerprint density at radius 3 is 2.76 bits per heavy atom. The molecule has 0 atom stereocenters. The fourth-order valence-corrected chi connectivity index (χ4v) is 2.31. The number of hydrogen-bond donors (Lipinski definition) is 1. The van der Waals surface area contributed by atoms with E-state index in [0.29, 0.717) is 0 Å². The summed E-state index contributed by atoms with van der Waals surface area (Å²) < 4.78 is 2.91. The van der Waals surface area contributed by atoms with Crippen LogP contribution in [-0.2, 0) is 0 Å². The van der Waals surface area contributed by atoms with Crippen molar-refractivity contribution in [1.29, 1.82) is 0 Å². The summed E-state index contributed by atoms with van der Waals surface area (Å²) in [7, 11) is 0. The van der Waals surface area contributed by atoms with Crippen LogP contribution in [0.25, 0.3) is 16.7 Å². The second kappa shape index (κ2) is 3.89. The van der Waals surface area contributed by atoms with Crippen molar-refractivity contribution in [3.63, 3.8) is 0 Å². The normalized spacial score (nSPS) is 10.9. The van der Waals surface area contributed by atoms with Crippen molar-refractivity contribution in [1.82, 2.24) is 9.55 Å². The first-order valence-electron chi connectivity index (χ1n) is 5.17. The lowest BCUT2D eigenvalue weighted by Gasteiger charge is -2.04. The van der Waals surface area contributed by atoms with E-state index in [0.717, 1.165) is 21.2 Å². The van der Waals surface area contributed by atoms with Crippen LogP contribution in [0, 0.1) is 0 Å². The van der Waals surface area contributed by atoms with Gasteiger partial charge in [0.1, 0.15) is 17.6 Å². The van der Waals surface area contributed by atoms with E-state index in [2.05, 4.69) is 20.9 Å². The predicted molar refractivity (Wildman–Crippen MR) is 70.4 cm³/mol. The van der Waals surface area contributed by atoms with E-state index in [9.17, 15) is 5.11 Å². The molecule has 0 aliphatic rings.